The second-order valence-electron chi connectivity index (χ2n) is 7.36. The monoisotopic (exact) mass is 317 g/mol. The van der Waals surface area contributed by atoms with Crippen molar-refractivity contribution in [1.82, 2.24) is 0 Å². The second-order valence-corrected chi connectivity index (χ2v) is 7.36. The number of carbonyl (C=O) groups excluding carboxylic acids is 2. The van der Waals surface area contributed by atoms with E-state index in [1.54, 1.807) is 26.0 Å². The maximum absolute atomic E-state index is 12.5. The summed E-state index contributed by atoms with van der Waals surface area (Å²) in [6.45, 7) is 5.52. The molecule has 0 aromatic heterocycles. The lowest BCUT2D eigenvalue weighted by atomic mass is 9.74. The fraction of sp³-hybridized carbons (Fsp3) is 0.556. The Kier molecular flexibility index (Phi) is 4.80. The molecule has 1 aromatic rings. The molecule has 0 radical (unpaired) electrons. The van der Waals surface area contributed by atoms with Crippen molar-refractivity contribution in [3.63, 3.8) is 0 Å². The molecule has 0 bridgehead atoms. The number of anilines is 1. The fourth-order valence-electron chi connectivity index (χ4n) is 3.13. The van der Waals surface area contributed by atoms with Gasteiger partial charge in [0.25, 0.3) is 0 Å². The summed E-state index contributed by atoms with van der Waals surface area (Å²) in [5, 5.41) is 2.94. The maximum atomic E-state index is 12.5. The quantitative estimate of drug-likeness (QED) is 0.794. The average molecular weight is 317 g/mol. The first-order valence-corrected chi connectivity index (χ1v) is 8.15. The van der Waals surface area contributed by atoms with E-state index in [4.69, 9.17) is 11.5 Å². The van der Waals surface area contributed by atoms with E-state index in [0.29, 0.717) is 5.69 Å². The highest BCUT2D eigenvalue weighted by atomic mass is 16.2. The number of amides is 2. The number of rotatable bonds is 4. The van der Waals surface area contributed by atoms with Crippen LogP contribution in [-0.2, 0) is 15.0 Å². The van der Waals surface area contributed by atoms with Gasteiger partial charge in [-0.3, -0.25) is 9.59 Å². The molecule has 5 heteroatoms. The molecular weight excluding hydrogens is 290 g/mol. The van der Waals surface area contributed by atoms with Crippen molar-refractivity contribution in [2.45, 2.75) is 57.4 Å². The lowest BCUT2D eigenvalue weighted by molar-refractivity contribution is -0.123. The topological polar surface area (TPSA) is 98.2 Å². The van der Waals surface area contributed by atoms with E-state index in [2.05, 4.69) is 5.32 Å². The van der Waals surface area contributed by atoms with E-state index in [-0.39, 0.29) is 17.7 Å². The van der Waals surface area contributed by atoms with Crippen molar-refractivity contribution in [3.8, 4) is 0 Å². The van der Waals surface area contributed by atoms with E-state index < -0.39 is 11.0 Å². The van der Waals surface area contributed by atoms with Crippen molar-refractivity contribution in [2.75, 3.05) is 5.32 Å². The summed E-state index contributed by atoms with van der Waals surface area (Å²) in [7, 11) is 0. The third-order valence-corrected chi connectivity index (χ3v) is 5.06. The number of nitrogens with two attached hydrogens (primary N) is 2. The molecule has 2 rings (SSSR count). The van der Waals surface area contributed by atoms with Gasteiger partial charge < -0.3 is 16.8 Å². The van der Waals surface area contributed by atoms with Crippen molar-refractivity contribution in [3.05, 3.63) is 29.8 Å². The van der Waals surface area contributed by atoms with Crippen LogP contribution in [0.25, 0.3) is 0 Å². The lowest BCUT2D eigenvalue weighted by Gasteiger charge is -2.37. The molecule has 1 aliphatic rings. The molecule has 0 saturated heterocycles. The van der Waals surface area contributed by atoms with E-state index >= 15 is 0 Å². The number of primary amides is 1. The molecule has 126 valence electrons. The Bertz CT molecular complexity index is 591. The molecule has 2 amide bonds. The van der Waals surface area contributed by atoms with Crippen molar-refractivity contribution in [2.24, 2.45) is 17.4 Å². The maximum Gasteiger partial charge on any atom is 0.229 e. The predicted molar refractivity (Wildman–Crippen MR) is 91.8 cm³/mol. The molecule has 0 heterocycles. The fourth-order valence-corrected chi connectivity index (χ4v) is 3.13. The summed E-state index contributed by atoms with van der Waals surface area (Å²) < 4.78 is 0. The predicted octanol–water partition coefficient (Wildman–Crippen LogP) is 2.30. The van der Waals surface area contributed by atoms with Gasteiger partial charge in [0.15, 0.2) is 0 Å². The van der Waals surface area contributed by atoms with Gasteiger partial charge in [-0.2, -0.15) is 0 Å². The molecule has 1 fully saturated rings. The van der Waals surface area contributed by atoms with Crippen LogP contribution in [0.1, 0.15) is 52.0 Å². The highest BCUT2D eigenvalue weighted by Gasteiger charge is 2.37. The summed E-state index contributed by atoms with van der Waals surface area (Å²) in [5.74, 6) is -0.579. The van der Waals surface area contributed by atoms with Gasteiger partial charge in [-0.05, 0) is 51.3 Å². The van der Waals surface area contributed by atoms with Crippen LogP contribution < -0.4 is 16.8 Å². The third kappa shape index (κ3) is 3.72. The molecule has 1 aromatic carbocycles. The minimum atomic E-state index is -0.734. The van der Waals surface area contributed by atoms with Gasteiger partial charge in [0.2, 0.25) is 11.8 Å². The Morgan fingerprint density at radius 1 is 1.22 bits per heavy atom. The minimum absolute atomic E-state index is 0.0309. The van der Waals surface area contributed by atoms with Gasteiger partial charge in [0.1, 0.15) is 0 Å². The molecular formula is C18H27N3O2. The zero-order valence-electron chi connectivity index (χ0n) is 14.2. The largest absolute Gasteiger partial charge is 0.369 e. The number of hydrogen-bond donors (Lipinski definition) is 3. The van der Waals surface area contributed by atoms with Gasteiger partial charge in [0, 0.05) is 11.2 Å². The first-order valence-electron chi connectivity index (χ1n) is 8.15. The van der Waals surface area contributed by atoms with Gasteiger partial charge in [-0.15, -0.1) is 0 Å². The van der Waals surface area contributed by atoms with Crippen LogP contribution in [0.5, 0.6) is 0 Å². The smallest absolute Gasteiger partial charge is 0.229 e. The normalized spacial score (nSPS) is 25.0. The molecule has 1 aliphatic carbocycles. The van der Waals surface area contributed by atoms with E-state index in [0.717, 1.165) is 31.2 Å². The second kappa shape index (κ2) is 6.32. The number of nitrogens with one attached hydrogen (secondary N) is 1. The molecule has 1 saturated carbocycles. The summed E-state index contributed by atoms with van der Waals surface area (Å²) in [6, 6.07) is 7.25. The van der Waals surface area contributed by atoms with Gasteiger partial charge in [0.05, 0.1) is 11.3 Å². The van der Waals surface area contributed by atoms with Crippen molar-refractivity contribution < 1.29 is 9.59 Å². The molecule has 2 unspecified atom stereocenters. The average Bonchev–Trinajstić information content (AvgIpc) is 2.47. The van der Waals surface area contributed by atoms with E-state index in [9.17, 15) is 9.59 Å². The minimum Gasteiger partial charge on any atom is -0.369 e. The molecule has 2 atom stereocenters. The number of carbonyl (C=O) groups is 2. The SMILES string of the molecule is CC(C)(C(N)=O)c1ccc(NC(=O)C2CCCCC2(C)N)cc1. The first kappa shape index (κ1) is 17.5. The zero-order chi connectivity index (χ0) is 17.3. The Morgan fingerprint density at radius 2 is 1.83 bits per heavy atom. The standard InChI is InChI=1S/C18H27N3O2/c1-17(2,16(19)23)12-7-9-13(10-8-12)21-15(22)14-6-4-5-11-18(14,3)20/h7-10,14H,4-6,11,20H2,1-3H3,(H2,19,23)(H,21,22). The highest BCUT2D eigenvalue weighted by molar-refractivity contribution is 5.93. The molecule has 0 aliphatic heterocycles. The Hall–Kier alpha value is -1.88. The van der Waals surface area contributed by atoms with Crippen molar-refractivity contribution in [1.29, 1.82) is 0 Å². The molecule has 0 spiro atoms. The lowest BCUT2D eigenvalue weighted by Crippen LogP contribution is -2.51. The van der Waals surface area contributed by atoms with Crippen molar-refractivity contribution >= 4 is 17.5 Å². The molecule has 5 nitrogen and oxygen atoms in total. The number of benzene rings is 1. The summed E-state index contributed by atoms with van der Waals surface area (Å²) >= 11 is 0. The van der Waals surface area contributed by atoms with Crippen LogP contribution in [-0.4, -0.2) is 17.4 Å². The number of hydrogen-bond acceptors (Lipinski definition) is 3. The van der Waals surface area contributed by atoms with Gasteiger partial charge in [-0.25, -0.2) is 0 Å². The Morgan fingerprint density at radius 3 is 2.35 bits per heavy atom. The highest BCUT2D eigenvalue weighted by Crippen LogP contribution is 2.32. The van der Waals surface area contributed by atoms with E-state index in [1.807, 2.05) is 19.1 Å². The van der Waals surface area contributed by atoms with Crippen LogP contribution in [0, 0.1) is 5.92 Å². The van der Waals surface area contributed by atoms with Crippen LogP contribution in [0.4, 0.5) is 5.69 Å². The summed E-state index contributed by atoms with van der Waals surface area (Å²) in [6.07, 6.45) is 3.81. The third-order valence-electron chi connectivity index (χ3n) is 5.06. The van der Waals surface area contributed by atoms with Crippen LogP contribution in [0.15, 0.2) is 24.3 Å². The molecule has 23 heavy (non-hydrogen) atoms. The van der Waals surface area contributed by atoms with Crippen LogP contribution in [0.3, 0.4) is 0 Å². The van der Waals surface area contributed by atoms with Crippen LogP contribution in [0.2, 0.25) is 0 Å². The Labute approximate surface area is 137 Å². The van der Waals surface area contributed by atoms with Gasteiger partial charge in [-0.1, -0.05) is 25.0 Å². The summed E-state index contributed by atoms with van der Waals surface area (Å²) in [5.41, 5.74) is 12.1. The van der Waals surface area contributed by atoms with E-state index in [1.165, 1.54) is 0 Å². The zero-order valence-corrected chi connectivity index (χ0v) is 14.2. The van der Waals surface area contributed by atoms with Gasteiger partial charge >= 0.3 is 0 Å². The van der Waals surface area contributed by atoms with Crippen LogP contribution >= 0.6 is 0 Å². The summed E-state index contributed by atoms with van der Waals surface area (Å²) in [4.78, 5) is 24.0. The molecule has 5 N–H and O–H groups in total. The Balaban J connectivity index is 2.09. The first-order chi connectivity index (χ1) is 10.6.